The lowest BCUT2D eigenvalue weighted by molar-refractivity contribution is 0.143. The molecule has 3 rings (SSSR count). The number of aromatic nitrogens is 1. The number of anilines is 1. The first kappa shape index (κ1) is 18.2. The van der Waals surface area contributed by atoms with Crippen molar-refractivity contribution in [1.29, 1.82) is 0 Å². The highest BCUT2D eigenvalue weighted by Gasteiger charge is 2.22. The third-order valence-corrected chi connectivity index (χ3v) is 4.22. The summed E-state index contributed by atoms with van der Waals surface area (Å²) in [7, 11) is 1.65. The number of hydrogen-bond acceptors (Lipinski definition) is 4. The largest absolute Gasteiger partial charge is 0.475 e. The maximum atomic E-state index is 5.49. The first-order chi connectivity index (χ1) is 12.8. The molecule has 0 atom stereocenters. The molecule has 0 amide bonds. The van der Waals surface area contributed by atoms with Crippen molar-refractivity contribution >= 4 is 11.6 Å². The predicted molar refractivity (Wildman–Crippen MR) is 104 cm³/mol. The Bertz CT molecular complexity index is 731. The number of nitrogens with zero attached hydrogens (tertiary/aromatic N) is 3. The van der Waals surface area contributed by atoms with Crippen LogP contribution in [0.1, 0.15) is 18.1 Å². The van der Waals surface area contributed by atoms with Crippen molar-refractivity contribution in [2.75, 3.05) is 38.3 Å². The van der Waals surface area contributed by atoms with Gasteiger partial charge in [0.2, 0.25) is 5.88 Å². The maximum absolute atomic E-state index is 5.49. The number of aliphatic imine (C=N–C) groups is 1. The van der Waals surface area contributed by atoms with Gasteiger partial charge in [-0.1, -0.05) is 24.3 Å². The van der Waals surface area contributed by atoms with E-state index in [2.05, 4.69) is 46.4 Å². The average Bonchev–Trinajstić information content (AvgIpc) is 3.10. The number of nitrogens with one attached hydrogen (secondary N) is 1. The Labute approximate surface area is 154 Å². The topological polar surface area (TPSA) is 59.0 Å². The molecule has 0 saturated heterocycles. The SMILES string of the molecule is CCNC(=NCc1ccc(OCCOC)nc1)N1CCc2ccccc21. The van der Waals surface area contributed by atoms with Gasteiger partial charge in [-0.2, -0.15) is 0 Å². The fraction of sp³-hybridized carbons (Fsp3) is 0.400. The van der Waals surface area contributed by atoms with Crippen LogP contribution in [0.4, 0.5) is 5.69 Å². The third-order valence-electron chi connectivity index (χ3n) is 4.22. The van der Waals surface area contributed by atoms with E-state index < -0.39 is 0 Å². The lowest BCUT2D eigenvalue weighted by Crippen LogP contribution is -2.40. The van der Waals surface area contributed by atoms with Crippen LogP contribution in [0.2, 0.25) is 0 Å². The zero-order chi connectivity index (χ0) is 18.2. The van der Waals surface area contributed by atoms with E-state index >= 15 is 0 Å². The van der Waals surface area contributed by atoms with Crippen molar-refractivity contribution in [1.82, 2.24) is 10.3 Å². The van der Waals surface area contributed by atoms with Gasteiger partial charge in [-0.3, -0.25) is 0 Å². The molecule has 26 heavy (non-hydrogen) atoms. The number of benzene rings is 1. The lowest BCUT2D eigenvalue weighted by atomic mass is 10.2. The molecule has 1 aromatic carbocycles. The van der Waals surface area contributed by atoms with E-state index in [9.17, 15) is 0 Å². The van der Waals surface area contributed by atoms with Crippen LogP contribution < -0.4 is 15.0 Å². The second-order valence-electron chi connectivity index (χ2n) is 6.05. The molecule has 1 aromatic heterocycles. The minimum Gasteiger partial charge on any atom is -0.475 e. The normalized spacial score (nSPS) is 13.6. The molecular formula is C20H26N4O2. The van der Waals surface area contributed by atoms with Gasteiger partial charge >= 0.3 is 0 Å². The van der Waals surface area contributed by atoms with E-state index in [-0.39, 0.29) is 0 Å². The molecular weight excluding hydrogens is 328 g/mol. The zero-order valence-electron chi connectivity index (χ0n) is 15.4. The Morgan fingerprint density at radius 1 is 1.23 bits per heavy atom. The molecule has 1 aliphatic rings. The molecule has 2 aromatic rings. The Morgan fingerprint density at radius 2 is 2.12 bits per heavy atom. The smallest absolute Gasteiger partial charge is 0.213 e. The molecule has 6 heteroatoms. The molecule has 2 heterocycles. The Hall–Kier alpha value is -2.60. The van der Waals surface area contributed by atoms with Crippen molar-refractivity contribution < 1.29 is 9.47 Å². The zero-order valence-corrected chi connectivity index (χ0v) is 15.4. The number of hydrogen-bond donors (Lipinski definition) is 1. The molecule has 0 radical (unpaired) electrons. The predicted octanol–water partition coefficient (Wildman–Crippen LogP) is 2.64. The van der Waals surface area contributed by atoms with Gasteiger partial charge in [-0.15, -0.1) is 0 Å². The third kappa shape index (κ3) is 4.52. The van der Waals surface area contributed by atoms with Crippen molar-refractivity contribution in [3.63, 3.8) is 0 Å². The van der Waals surface area contributed by atoms with Crippen LogP contribution in [0.15, 0.2) is 47.6 Å². The summed E-state index contributed by atoms with van der Waals surface area (Å²) in [5, 5.41) is 3.40. The summed E-state index contributed by atoms with van der Waals surface area (Å²) in [4.78, 5) is 11.4. The molecule has 138 valence electrons. The van der Waals surface area contributed by atoms with Crippen LogP contribution in [-0.4, -0.2) is 44.4 Å². The van der Waals surface area contributed by atoms with Gasteiger partial charge in [0.25, 0.3) is 0 Å². The summed E-state index contributed by atoms with van der Waals surface area (Å²) in [6, 6.07) is 12.4. The number of rotatable bonds is 7. The van der Waals surface area contributed by atoms with Gasteiger partial charge in [0.05, 0.1) is 13.2 Å². The standard InChI is InChI=1S/C20H26N4O2/c1-3-21-20(24-11-10-17-6-4-5-7-18(17)24)23-15-16-8-9-19(22-14-16)26-13-12-25-2/h4-9,14H,3,10-13,15H2,1-2H3,(H,21,23). The molecule has 6 nitrogen and oxygen atoms in total. The van der Waals surface area contributed by atoms with Crippen molar-refractivity contribution in [2.45, 2.75) is 19.9 Å². The fourth-order valence-electron chi connectivity index (χ4n) is 2.94. The van der Waals surface area contributed by atoms with E-state index in [4.69, 9.17) is 14.5 Å². The van der Waals surface area contributed by atoms with E-state index in [0.717, 1.165) is 31.0 Å². The first-order valence-electron chi connectivity index (χ1n) is 9.02. The maximum Gasteiger partial charge on any atom is 0.213 e. The van der Waals surface area contributed by atoms with E-state index in [1.807, 2.05) is 18.3 Å². The fourth-order valence-corrected chi connectivity index (χ4v) is 2.94. The van der Waals surface area contributed by atoms with Gasteiger partial charge in [-0.05, 0) is 30.5 Å². The summed E-state index contributed by atoms with van der Waals surface area (Å²) >= 11 is 0. The number of ether oxygens (including phenoxy) is 2. The van der Waals surface area contributed by atoms with Gasteiger partial charge in [0.1, 0.15) is 6.61 Å². The van der Waals surface area contributed by atoms with Crippen LogP contribution >= 0.6 is 0 Å². The minimum atomic E-state index is 0.500. The Balaban J connectivity index is 1.66. The average molecular weight is 354 g/mol. The lowest BCUT2D eigenvalue weighted by Gasteiger charge is -2.22. The number of pyridine rings is 1. The molecule has 0 fully saturated rings. The highest BCUT2D eigenvalue weighted by molar-refractivity contribution is 5.97. The summed E-state index contributed by atoms with van der Waals surface area (Å²) in [6.45, 7) is 5.51. The van der Waals surface area contributed by atoms with Gasteiger partial charge in [-0.25, -0.2) is 9.98 Å². The summed E-state index contributed by atoms with van der Waals surface area (Å²) in [6.07, 6.45) is 2.86. The summed E-state index contributed by atoms with van der Waals surface area (Å²) < 4.78 is 10.5. The second-order valence-corrected chi connectivity index (χ2v) is 6.05. The first-order valence-corrected chi connectivity index (χ1v) is 9.02. The van der Waals surface area contributed by atoms with Crippen molar-refractivity contribution in [3.8, 4) is 5.88 Å². The highest BCUT2D eigenvalue weighted by atomic mass is 16.5. The van der Waals surface area contributed by atoms with Crippen molar-refractivity contribution in [3.05, 3.63) is 53.7 Å². The van der Waals surface area contributed by atoms with Gasteiger partial charge < -0.3 is 19.7 Å². The monoisotopic (exact) mass is 354 g/mol. The molecule has 0 saturated carbocycles. The minimum absolute atomic E-state index is 0.500. The van der Waals surface area contributed by atoms with Gasteiger partial charge in [0.15, 0.2) is 5.96 Å². The Morgan fingerprint density at radius 3 is 2.88 bits per heavy atom. The molecule has 1 N–H and O–H groups in total. The summed E-state index contributed by atoms with van der Waals surface area (Å²) in [5.41, 5.74) is 3.66. The molecule has 0 aliphatic carbocycles. The van der Waals surface area contributed by atoms with E-state index in [0.29, 0.717) is 25.6 Å². The van der Waals surface area contributed by atoms with E-state index in [1.54, 1.807) is 7.11 Å². The van der Waals surface area contributed by atoms with E-state index in [1.165, 1.54) is 11.3 Å². The van der Waals surface area contributed by atoms with Crippen LogP contribution in [-0.2, 0) is 17.7 Å². The molecule has 0 unspecified atom stereocenters. The number of methoxy groups -OCH3 is 1. The van der Waals surface area contributed by atoms with Crippen LogP contribution in [0, 0.1) is 0 Å². The van der Waals surface area contributed by atoms with Crippen LogP contribution in [0.3, 0.4) is 0 Å². The highest BCUT2D eigenvalue weighted by Crippen LogP contribution is 2.27. The van der Waals surface area contributed by atoms with Crippen molar-refractivity contribution in [2.24, 2.45) is 4.99 Å². The molecule has 0 bridgehead atoms. The number of fused-ring (bicyclic) bond motifs is 1. The molecule has 1 aliphatic heterocycles. The summed E-state index contributed by atoms with van der Waals surface area (Å²) in [5.74, 6) is 1.52. The Kier molecular flexibility index (Phi) is 6.44. The van der Waals surface area contributed by atoms with Gasteiger partial charge in [0, 0.05) is 38.1 Å². The van der Waals surface area contributed by atoms with Crippen LogP contribution in [0.5, 0.6) is 5.88 Å². The van der Waals surface area contributed by atoms with Crippen LogP contribution in [0.25, 0.3) is 0 Å². The molecule has 0 spiro atoms. The number of para-hydroxylation sites is 1. The number of guanidine groups is 1. The quantitative estimate of drug-likeness (QED) is 0.471. The second kappa shape index (κ2) is 9.20.